The Kier molecular flexibility index (Phi) is 7.22. The molecule has 0 bridgehead atoms. The lowest BCUT2D eigenvalue weighted by atomic mass is 10.0. The van der Waals surface area contributed by atoms with Crippen LogP contribution in [0.3, 0.4) is 0 Å². The molecule has 1 aliphatic heterocycles. The third-order valence-corrected chi connectivity index (χ3v) is 4.02. The van der Waals surface area contributed by atoms with Crippen LogP contribution in [0.4, 0.5) is 10.1 Å². The Labute approximate surface area is 153 Å². The lowest BCUT2D eigenvalue weighted by Gasteiger charge is -2.22. The fourth-order valence-electron chi connectivity index (χ4n) is 2.77. The van der Waals surface area contributed by atoms with E-state index in [1.165, 1.54) is 12.1 Å². The van der Waals surface area contributed by atoms with Gasteiger partial charge >= 0.3 is 0 Å². The molecule has 0 radical (unpaired) electrons. The van der Waals surface area contributed by atoms with E-state index in [-0.39, 0.29) is 30.2 Å². The second-order valence-electron chi connectivity index (χ2n) is 5.94. The summed E-state index contributed by atoms with van der Waals surface area (Å²) in [6.45, 7) is 1.20. The largest absolute Gasteiger partial charge is 0.489 e. The highest BCUT2D eigenvalue weighted by Crippen LogP contribution is 2.17. The molecule has 2 aromatic carbocycles. The van der Waals surface area contributed by atoms with Crippen LogP contribution in [0.5, 0.6) is 5.75 Å². The van der Waals surface area contributed by atoms with Crippen LogP contribution >= 0.6 is 12.4 Å². The molecule has 1 unspecified atom stereocenters. The number of hydrogen-bond donors (Lipinski definition) is 2. The minimum absolute atomic E-state index is 0. The summed E-state index contributed by atoms with van der Waals surface area (Å²) in [7, 11) is 0. The third-order valence-electron chi connectivity index (χ3n) is 4.02. The summed E-state index contributed by atoms with van der Waals surface area (Å²) in [6.07, 6.45) is 3.07. The van der Waals surface area contributed by atoms with Crippen LogP contribution in [0.25, 0.3) is 0 Å². The van der Waals surface area contributed by atoms with Gasteiger partial charge in [-0.05, 0) is 49.2 Å². The molecular formula is C19H22ClFN2O2. The molecule has 1 aliphatic rings. The lowest BCUT2D eigenvalue weighted by Crippen LogP contribution is -2.43. The predicted molar refractivity (Wildman–Crippen MR) is 98.7 cm³/mol. The first-order valence-electron chi connectivity index (χ1n) is 8.22. The molecule has 0 spiro atoms. The molecule has 2 aromatic rings. The zero-order valence-corrected chi connectivity index (χ0v) is 14.7. The zero-order valence-electron chi connectivity index (χ0n) is 13.8. The van der Waals surface area contributed by atoms with Crippen molar-refractivity contribution in [2.24, 2.45) is 0 Å². The summed E-state index contributed by atoms with van der Waals surface area (Å²) >= 11 is 0. The van der Waals surface area contributed by atoms with E-state index in [4.69, 9.17) is 4.74 Å². The Morgan fingerprint density at radius 2 is 2.04 bits per heavy atom. The van der Waals surface area contributed by atoms with Crippen LogP contribution in [0.15, 0.2) is 48.5 Å². The van der Waals surface area contributed by atoms with E-state index in [1.807, 2.05) is 24.3 Å². The molecule has 4 nitrogen and oxygen atoms in total. The monoisotopic (exact) mass is 364 g/mol. The molecule has 25 heavy (non-hydrogen) atoms. The molecule has 2 N–H and O–H groups in total. The Morgan fingerprint density at radius 1 is 1.20 bits per heavy atom. The van der Waals surface area contributed by atoms with Crippen molar-refractivity contribution in [3.8, 4) is 5.75 Å². The maximum Gasteiger partial charge on any atom is 0.241 e. The Bertz CT molecular complexity index is 705. The van der Waals surface area contributed by atoms with E-state index in [9.17, 15) is 9.18 Å². The first-order valence-corrected chi connectivity index (χ1v) is 8.22. The molecule has 1 atom stereocenters. The molecule has 6 heteroatoms. The second-order valence-corrected chi connectivity index (χ2v) is 5.94. The number of piperidine rings is 1. The SMILES string of the molecule is Cl.O=C(Nc1cccc(COc2cccc(F)c2)c1)C1CCCCN1. The van der Waals surface area contributed by atoms with Crippen LogP contribution in [0.2, 0.25) is 0 Å². The molecule has 134 valence electrons. The quantitative estimate of drug-likeness (QED) is 0.845. The molecule has 1 fully saturated rings. The van der Waals surface area contributed by atoms with E-state index in [2.05, 4.69) is 10.6 Å². The number of rotatable bonds is 5. The van der Waals surface area contributed by atoms with Crippen LogP contribution < -0.4 is 15.4 Å². The van der Waals surface area contributed by atoms with Crippen molar-refractivity contribution in [2.75, 3.05) is 11.9 Å². The number of amides is 1. The van der Waals surface area contributed by atoms with Gasteiger partial charge in [-0.15, -0.1) is 12.4 Å². The van der Waals surface area contributed by atoms with Gasteiger partial charge in [-0.3, -0.25) is 4.79 Å². The number of ether oxygens (including phenoxy) is 1. The molecule has 0 saturated carbocycles. The minimum atomic E-state index is -0.325. The highest BCUT2D eigenvalue weighted by atomic mass is 35.5. The van der Waals surface area contributed by atoms with Crippen molar-refractivity contribution in [1.29, 1.82) is 0 Å². The van der Waals surface area contributed by atoms with Gasteiger partial charge in [-0.2, -0.15) is 0 Å². The molecule has 3 rings (SSSR count). The average Bonchev–Trinajstić information content (AvgIpc) is 2.61. The standard InChI is InChI=1S/C19H21FN2O2.ClH/c20-15-6-4-8-17(12-15)24-13-14-5-3-7-16(11-14)22-19(23)18-9-1-2-10-21-18;/h3-8,11-12,18,21H,1-2,9-10,13H2,(H,22,23);1H. The number of nitrogens with one attached hydrogen (secondary N) is 2. The van der Waals surface area contributed by atoms with Crippen LogP contribution in [-0.4, -0.2) is 18.5 Å². The summed E-state index contributed by atoms with van der Waals surface area (Å²) in [6, 6.07) is 13.4. The second kappa shape index (κ2) is 9.39. The van der Waals surface area contributed by atoms with E-state index in [0.29, 0.717) is 12.4 Å². The van der Waals surface area contributed by atoms with Gasteiger partial charge in [0.1, 0.15) is 18.2 Å². The molecule has 1 saturated heterocycles. The Hall–Kier alpha value is -2.11. The smallest absolute Gasteiger partial charge is 0.241 e. The molecule has 0 aliphatic carbocycles. The first kappa shape index (κ1) is 19.2. The maximum atomic E-state index is 13.1. The van der Waals surface area contributed by atoms with E-state index in [0.717, 1.165) is 37.1 Å². The number of carbonyl (C=O) groups excluding carboxylic acids is 1. The summed E-state index contributed by atoms with van der Waals surface area (Å²) < 4.78 is 18.7. The van der Waals surface area contributed by atoms with Crippen LogP contribution in [-0.2, 0) is 11.4 Å². The number of carbonyl (C=O) groups is 1. The van der Waals surface area contributed by atoms with Gasteiger partial charge in [0.25, 0.3) is 0 Å². The summed E-state index contributed by atoms with van der Waals surface area (Å²) in [5.74, 6) is 0.155. The van der Waals surface area contributed by atoms with Crippen LogP contribution in [0, 0.1) is 5.82 Å². The van der Waals surface area contributed by atoms with Gasteiger partial charge < -0.3 is 15.4 Å². The van der Waals surface area contributed by atoms with Gasteiger partial charge in [-0.25, -0.2) is 4.39 Å². The van der Waals surface area contributed by atoms with Gasteiger partial charge in [0.05, 0.1) is 6.04 Å². The van der Waals surface area contributed by atoms with Crippen LogP contribution in [0.1, 0.15) is 24.8 Å². The maximum absolute atomic E-state index is 13.1. The minimum Gasteiger partial charge on any atom is -0.489 e. The molecule has 1 heterocycles. The highest BCUT2D eigenvalue weighted by Gasteiger charge is 2.20. The van der Waals surface area contributed by atoms with E-state index >= 15 is 0 Å². The number of anilines is 1. The van der Waals surface area contributed by atoms with Gasteiger partial charge in [-0.1, -0.05) is 24.6 Å². The van der Waals surface area contributed by atoms with Crippen molar-refractivity contribution in [2.45, 2.75) is 31.9 Å². The van der Waals surface area contributed by atoms with Crippen molar-refractivity contribution in [1.82, 2.24) is 5.32 Å². The van der Waals surface area contributed by atoms with E-state index in [1.54, 1.807) is 12.1 Å². The summed E-state index contributed by atoms with van der Waals surface area (Å²) in [5, 5.41) is 6.18. The summed E-state index contributed by atoms with van der Waals surface area (Å²) in [5.41, 5.74) is 1.65. The topological polar surface area (TPSA) is 50.4 Å². The van der Waals surface area contributed by atoms with Crippen molar-refractivity contribution in [3.63, 3.8) is 0 Å². The first-order chi connectivity index (χ1) is 11.7. The predicted octanol–water partition coefficient (Wildman–Crippen LogP) is 3.91. The lowest BCUT2D eigenvalue weighted by molar-refractivity contribution is -0.118. The van der Waals surface area contributed by atoms with Crippen molar-refractivity contribution >= 4 is 24.0 Å². The normalized spacial score (nSPS) is 16.6. The molecule has 1 amide bonds. The zero-order chi connectivity index (χ0) is 16.8. The highest BCUT2D eigenvalue weighted by molar-refractivity contribution is 5.94. The average molecular weight is 365 g/mol. The molecule has 0 aromatic heterocycles. The van der Waals surface area contributed by atoms with Crippen molar-refractivity contribution in [3.05, 3.63) is 59.9 Å². The summed E-state index contributed by atoms with van der Waals surface area (Å²) in [4.78, 5) is 12.2. The fourth-order valence-corrected chi connectivity index (χ4v) is 2.77. The van der Waals surface area contributed by atoms with Gasteiger partial charge in [0.15, 0.2) is 0 Å². The third kappa shape index (κ3) is 5.73. The fraction of sp³-hybridized carbons (Fsp3) is 0.316. The number of benzene rings is 2. The molecular weight excluding hydrogens is 343 g/mol. The number of hydrogen-bond acceptors (Lipinski definition) is 3. The van der Waals surface area contributed by atoms with Gasteiger partial charge in [0.2, 0.25) is 5.91 Å². The van der Waals surface area contributed by atoms with Crippen molar-refractivity contribution < 1.29 is 13.9 Å². The van der Waals surface area contributed by atoms with E-state index < -0.39 is 0 Å². The Balaban J connectivity index is 0.00000225. The van der Waals surface area contributed by atoms with Gasteiger partial charge in [0, 0.05) is 11.8 Å². The Morgan fingerprint density at radius 3 is 2.80 bits per heavy atom. The number of halogens is 2.